The van der Waals surface area contributed by atoms with Crippen LogP contribution in [0.25, 0.3) is 27.2 Å². The number of aromatic nitrogens is 3. The van der Waals surface area contributed by atoms with Gasteiger partial charge in [0.25, 0.3) is 5.78 Å². The van der Waals surface area contributed by atoms with Gasteiger partial charge in [0.15, 0.2) is 0 Å². The SMILES string of the molecule is COc1ccc(-[n+]2[nH]oc(=O)c2C(=O)c2sc3nc(-c4cccc(OC)c4)ccc3c2N)cc1. The first-order valence-electron chi connectivity index (χ1n) is 10.2. The van der Waals surface area contributed by atoms with Crippen molar-refractivity contribution in [3.05, 3.63) is 81.7 Å². The van der Waals surface area contributed by atoms with Crippen molar-refractivity contribution in [3.8, 4) is 28.4 Å². The minimum atomic E-state index is -0.803. The first-order valence-corrected chi connectivity index (χ1v) is 11.0. The highest BCUT2D eigenvalue weighted by atomic mass is 32.1. The number of hydrogen-bond donors (Lipinski definition) is 2. The lowest BCUT2D eigenvalue weighted by molar-refractivity contribution is -0.672. The summed E-state index contributed by atoms with van der Waals surface area (Å²) in [5.41, 5.74) is 7.67. The number of fused-ring (bicyclic) bond motifs is 1. The van der Waals surface area contributed by atoms with Gasteiger partial charge in [-0.1, -0.05) is 12.1 Å². The Morgan fingerprint density at radius 1 is 1.06 bits per heavy atom. The Labute approximate surface area is 196 Å². The number of thiophene rings is 1. The lowest BCUT2D eigenvalue weighted by Gasteiger charge is -2.04. The summed E-state index contributed by atoms with van der Waals surface area (Å²) in [6.45, 7) is 0. The highest BCUT2D eigenvalue weighted by Gasteiger charge is 2.34. The summed E-state index contributed by atoms with van der Waals surface area (Å²) >= 11 is 1.12. The molecule has 0 radical (unpaired) electrons. The van der Waals surface area contributed by atoms with Gasteiger partial charge in [-0.2, -0.15) is 0 Å². The Morgan fingerprint density at radius 3 is 2.56 bits per heavy atom. The Bertz CT molecular complexity index is 1580. The molecule has 170 valence electrons. The molecule has 0 unspecified atom stereocenters. The third-order valence-corrected chi connectivity index (χ3v) is 6.47. The van der Waals surface area contributed by atoms with Crippen LogP contribution in [0.15, 0.2) is 70.0 Å². The van der Waals surface area contributed by atoms with Crippen molar-refractivity contribution in [3.63, 3.8) is 0 Å². The van der Waals surface area contributed by atoms with Gasteiger partial charge in [0.2, 0.25) is 5.69 Å². The molecule has 9 nitrogen and oxygen atoms in total. The number of pyridine rings is 1. The quantitative estimate of drug-likeness (QED) is 0.285. The highest BCUT2D eigenvalue weighted by Crippen LogP contribution is 2.35. The first-order chi connectivity index (χ1) is 16.5. The van der Waals surface area contributed by atoms with E-state index in [0.29, 0.717) is 33.1 Å². The number of aromatic amines is 1. The zero-order chi connectivity index (χ0) is 23.8. The van der Waals surface area contributed by atoms with E-state index in [1.807, 2.05) is 36.4 Å². The maximum Gasteiger partial charge on any atom is 0.439 e. The summed E-state index contributed by atoms with van der Waals surface area (Å²) in [4.78, 5) is 31.4. The molecule has 34 heavy (non-hydrogen) atoms. The largest absolute Gasteiger partial charge is 0.497 e. The zero-order valence-corrected chi connectivity index (χ0v) is 19.0. The number of ether oxygens (including phenoxy) is 2. The van der Waals surface area contributed by atoms with Crippen molar-refractivity contribution < 1.29 is 23.5 Å². The summed E-state index contributed by atoms with van der Waals surface area (Å²) in [6.07, 6.45) is 0. The molecule has 0 atom stereocenters. The molecule has 0 saturated carbocycles. The molecule has 3 aromatic heterocycles. The average Bonchev–Trinajstić information content (AvgIpc) is 3.43. The second kappa shape index (κ2) is 8.49. The van der Waals surface area contributed by atoms with Crippen molar-refractivity contribution in [1.82, 2.24) is 10.3 Å². The van der Waals surface area contributed by atoms with Crippen LogP contribution in [0, 0.1) is 0 Å². The lowest BCUT2D eigenvalue weighted by Crippen LogP contribution is -2.41. The average molecular weight is 476 g/mol. The molecule has 0 aliphatic carbocycles. The standard InChI is InChI=1S/C24H18N4O5S/c1-31-15-8-6-14(7-9-15)28-20(24(30)33-27-28)21(29)22-19(25)17-10-11-18(26-23(17)34-22)13-4-3-5-16(12-13)32-2/h3-12H,1-2H3,(H2-,25,27,29,30)/p+1. The van der Waals surface area contributed by atoms with E-state index in [9.17, 15) is 9.59 Å². The smallest absolute Gasteiger partial charge is 0.439 e. The summed E-state index contributed by atoms with van der Waals surface area (Å²) in [7, 11) is 3.15. The molecule has 0 saturated heterocycles. The number of methoxy groups -OCH3 is 2. The van der Waals surface area contributed by atoms with Crippen LogP contribution in [-0.4, -0.2) is 30.3 Å². The molecule has 0 aliphatic heterocycles. The molecular weight excluding hydrogens is 456 g/mol. The van der Waals surface area contributed by atoms with E-state index in [1.54, 1.807) is 38.5 Å². The van der Waals surface area contributed by atoms with Gasteiger partial charge in [0, 0.05) is 23.1 Å². The van der Waals surface area contributed by atoms with Crippen LogP contribution in [0.5, 0.6) is 11.5 Å². The van der Waals surface area contributed by atoms with Crippen molar-refractivity contribution in [2.24, 2.45) is 0 Å². The van der Waals surface area contributed by atoms with Crippen molar-refractivity contribution in [2.45, 2.75) is 0 Å². The number of carbonyl (C=O) groups is 1. The number of nitrogens with zero attached hydrogens (tertiary/aromatic N) is 2. The van der Waals surface area contributed by atoms with Gasteiger partial charge in [-0.3, -0.25) is 9.32 Å². The summed E-state index contributed by atoms with van der Waals surface area (Å²) < 4.78 is 16.7. The number of carbonyl (C=O) groups excluding carboxylic acids is 1. The molecule has 2 aromatic carbocycles. The third kappa shape index (κ3) is 3.59. The lowest BCUT2D eigenvalue weighted by atomic mass is 10.1. The number of nitrogens with one attached hydrogen (secondary N) is 1. The molecule has 10 heteroatoms. The molecule has 3 N–H and O–H groups in total. The minimum absolute atomic E-state index is 0.198. The van der Waals surface area contributed by atoms with Crippen LogP contribution in [0.4, 0.5) is 5.69 Å². The monoisotopic (exact) mass is 475 g/mol. The fraction of sp³-hybridized carbons (Fsp3) is 0.0833. The fourth-order valence-electron chi connectivity index (χ4n) is 3.60. The number of rotatable bonds is 6. The molecule has 0 aliphatic rings. The van der Waals surface area contributed by atoms with Crippen molar-refractivity contribution >= 4 is 33.0 Å². The number of H-pyrrole nitrogens is 1. The Hall–Kier alpha value is -4.44. The predicted molar refractivity (Wildman–Crippen MR) is 127 cm³/mol. The van der Waals surface area contributed by atoms with Gasteiger partial charge in [0.1, 0.15) is 21.2 Å². The van der Waals surface area contributed by atoms with Gasteiger partial charge in [-0.25, -0.2) is 9.78 Å². The number of anilines is 1. The van der Waals surface area contributed by atoms with E-state index in [0.717, 1.165) is 16.9 Å². The van der Waals surface area contributed by atoms with Gasteiger partial charge in [-0.05, 0) is 46.4 Å². The number of benzene rings is 2. The van der Waals surface area contributed by atoms with E-state index in [1.165, 1.54) is 4.68 Å². The summed E-state index contributed by atoms with van der Waals surface area (Å²) in [5, 5.41) is 3.11. The van der Waals surface area contributed by atoms with Gasteiger partial charge in [-0.15, -0.1) is 11.3 Å². The third-order valence-electron chi connectivity index (χ3n) is 5.36. The number of nitrogens with two attached hydrogens (primary N) is 1. The van der Waals surface area contributed by atoms with Crippen molar-refractivity contribution in [1.29, 1.82) is 0 Å². The van der Waals surface area contributed by atoms with E-state index in [4.69, 9.17) is 19.7 Å². The minimum Gasteiger partial charge on any atom is -0.497 e. The zero-order valence-electron chi connectivity index (χ0n) is 18.2. The van der Waals surface area contributed by atoms with Crippen LogP contribution in [-0.2, 0) is 0 Å². The molecule has 0 spiro atoms. The second-order valence-corrected chi connectivity index (χ2v) is 8.32. The molecule has 5 rings (SSSR count). The molecule has 0 amide bonds. The van der Waals surface area contributed by atoms with Crippen molar-refractivity contribution in [2.75, 3.05) is 20.0 Å². The number of hydrogen-bond acceptors (Lipinski definition) is 8. The molecule has 0 bridgehead atoms. The van der Waals surface area contributed by atoms with Crippen LogP contribution in [0.2, 0.25) is 0 Å². The first kappa shape index (κ1) is 21.4. The normalized spacial score (nSPS) is 11.0. The molecular formula is C24H19N4O5S+. The second-order valence-electron chi connectivity index (χ2n) is 7.32. The highest BCUT2D eigenvalue weighted by molar-refractivity contribution is 7.21. The molecule has 5 aromatic rings. The topological polar surface area (TPSA) is 124 Å². The van der Waals surface area contributed by atoms with Gasteiger partial charge < -0.3 is 15.2 Å². The van der Waals surface area contributed by atoms with E-state index in [2.05, 4.69) is 10.3 Å². The van der Waals surface area contributed by atoms with Crippen LogP contribution >= 0.6 is 11.3 Å². The van der Waals surface area contributed by atoms with Gasteiger partial charge >= 0.3 is 11.3 Å². The van der Waals surface area contributed by atoms with E-state index < -0.39 is 11.4 Å². The number of ketones is 1. The Kier molecular flexibility index (Phi) is 5.34. The maximum atomic E-state index is 13.4. The van der Waals surface area contributed by atoms with Crippen LogP contribution in [0.3, 0.4) is 0 Å². The summed E-state index contributed by atoms with van der Waals surface area (Å²) in [5.74, 6) is 0.784. The van der Waals surface area contributed by atoms with E-state index in [-0.39, 0.29) is 16.3 Å². The Balaban J connectivity index is 1.57. The molecule has 0 fully saturated rings. The predicted octanol–water partition coefficient (Wildman–Crippen LogP) is 3.35. The summed E-state index contributed by atoms with van der Waals surface area (Å²) in [6, 6.07) is 18.0. The fourth-order valence-corrected chi connectivity index (χ4v) is 4.63. The van der Waals surface area contributed by atoms with Crippen LogP contribution in [0.1, 0.15) is 15.4 Å². The Morgan fingerprint density at radius 2 is 1.82 bits per heavy atom. The van der Waals surface area contributed by atoms with Gasteiger partial charge in [0.05, 0.1) is 25.6 Å². The maximum absolute atomic E-state index is 13.4. The molecule has 3 heterocycles. The number of nitrogen functional groups attached to an aromatic ring is 1. The van der Waals surface area contributed by atoms with E-state index >= 15 is 0 Å². The van der Waals surface area contributed by atoms with Crippen LogP contribution < -0.4 is 25.5 Å².